The highest BCUT2D eigenvalue weighted by atomic mass is 16.4. The molecule has 4 atom stereocenters. The normalized spacial score (nSPS) is 18.2. The van der Waals surface area contributed by atoms with Gasteiger partial charge in [-0.2, -0.15) is 15.0 Å². The van der Waals surface area contributed by atoms with Gasteiger partial charge in [-0.1, -0.05) is 50.7 Å². The second kappa shape index (κ2) is 42.1. The Morgan fingerprint density at radius 2 is 1.08 bits per heavy atom. The van der Waals surface area contributed by atoms with Gasteiger partial charge in [-0.25, -0.2) is 24.4 Å². The zero-order chi connectivity index (χ0) is 76.7. The van der Waals surface area contributed by atoms with Gasteiger partial charge in [0.05, 0.1) is 45.9 Å². The first-order chi connectivity index (χ1) is 50.7. The van der Waals surface area contributed by atoms with Crippen LogP contribution in [0.4, 0.5) is 28.3 Å². The lowest BCUT2D eigenvalue weighted by atomic mass is 10.0. The highest BCUT2D eigenvalue weighted by molar-refractivity contribution is 5.91. The molecule has 1 aromatic carbocycles. The van der Waals surface area contributed by atoms with Gasteiger partial charge in [-0.15, -0.1) is 0 Å². The molecular weight excluding hydrogens is 1390 g/mol. The Hall–Kier alpha value is -10.2. The van der Waals surface area contributed by atoms with Crippen LogP contribution in [-0.4, -0.2) is 311 Å². The molecule has 7 rings (SSSR count). The van der Waals surface area contributed by atoms with Gasteiger partial charge in [0, 0.05) is 128 Å². The number of carboxylic acid groups (broad SMARTS) is 9. The number of nitrogens with one attached hydrogen (secondary N) is 5. The van der Waals surface area contributed by atoms with Gasteiger partial charge in [-0.3, -0.25) is 67.8 Å². The summed E-state index contributed by atoms with van der Waals surface area (Å²) in [5, 5.41) is 101. The van der Waals surface area contributed by atoms with Crippen LogP contribution in [0.1, 0.15) is 107 Å². The Morgan fingerprint density at radius 3 is 1.63 bits per heavy atom. The molecule has 0 radical (unpaired) electrons. The number of hydrogen-bond acceptors (Lipinski definition) is 25. The van der Waals surface area contributed by atoms with Crippen molar-refractivity contribution in [3.8, 4) is 0 Å². The molecule has 3 aromatic heterocycles. The molecule has 0 bridgehead atoms. The van der Waals surface area contributed by atoms with Crippen LogP contribution in [0.3, 0.4) is 0 Å². The summed E-state index contributed by atoms with van der Waals surface area (Å²) in [4.78, 5) is 168. The van der Waals surface area contributed by atoms with E-state index in [9.17, 15) is 93.6 Å². The maximum atomic E-state index is 12.6. The van der Waals surface area contributed by atoms with Crippen LogP contribution in [-0.2, 0) is 80.5 Å². The maximum absolute atomic E-state index is 12.6. The predicted molar refractivity (Wildman–Crippen MR) is 377 cm³/mol. The van der Waals surface area contributed by atoms with E-state index in [-0.39, 0.29) is 129 Å². The van der Waals surface area contributed by atoms with Crippen molar-refractivity contribution in [1.82, 2.24) is 79.4 Å². The SMILES string of the molecule is O=C(O)CC[C@H](NC(=O)NC1(C(=O)O)C[C@H]1CCCNC(=O)CCCCCCCCCCN1CCN(c2nc(NCN(Cc3nccn3CC(=O)O)Cc3nccn3CC(=O)O)nc(Nc3ccc(CC4CN(CC(=O)O)CCN(CC(=O)O)CCN(CC(=O)O)CCN4CC(=O)O)cc3)n2)CC1)C(=O)O. The van der Waals surface area contributed by atoms with E-state index in [1.54, 1.807) is 44.1 Å². The molecule has 39 heteroatoms. The van der Waals surface area contributed by atoms with Crippen LogP contribution in [0.5, 0.6) is 0 Å². The minimum Gasteiger partial charge on any atom is -0.481 e. The van der Waals surface area contributed by atoms with E-state index in [1.807, 2.05) is 17.0 Å². The minimum atomic E-state index is -1.58. The summed E-state index contributed by atoms with van der Waals surface area (Å²) in [6, 6.07) is 4.09. The number of anilines is 4. The zero-order valence-corrected chi connectivity index (χ0v) is 59.3. The minimum absolute atomic E-state index is 0.0353. The Morgan fingerprint density at radius 1 is 0.547 bits per heavy atom. The second-order valence-corrected chi connectivity index (χ2v) is 26.8. The second-order valence-electron chi connectivity index (χ2n) is 26.8. The smallest absolute Gasteiger partial charge is 0.329 e. The first-order valence-corrected chi connectivity index (χ1v) is 35.5. The molecule has 14 N–H and O–H groups in total. The molecule has 39 nitrogen and oxygen atoms in total. The molecule has 2 unspecified atom stereocenters. The Labute approximate surface area is 610 Å². The van der Waals surface area contributed by atoms with Gasteiger partial charge >= 0.3 is 59.8 Å². The number of rotatable bonds is 46. The monoisotopic (exact) mass is 1490 g/mol. The summed E-state index contributed by atoms with van der Waals surface area (Å²) >= 11 is 0. The van der Waals surface area contributed by atoms with Crippen LogP contribution in [0.25, 0.3) is 0 Å². The highest BCUT2D eigenvalue weighted by Crippen LogP contribution is 2.47. The fourth-order valence-electron chi connectivity index (χ4n) is 13.0. The van der Waals surface area contributed by atoms with Crippen LogP contribution in [0, 0.1) is 5.92 Å². The fourth-order valence-corrected chi connectivity index (χ4v) is 13.0. The average molecular weight is 1490 g/mol. The van der Waals surface area contributed by atoms with Crippen molar-refractivity contribution in [2.45, 2.75) is 140 Å². The molecule has 3 amide bonds. The third-order valence-corrected chi connectivity index (χ3v) is 18.7. The van der Waals surface area contributed by atoms with Gasteiger partial charge in [-0.05, 0) is 75.1 Å². The Bertz CT molecular complexity index is 3540. The molecule has 3 aliphatic rings. The third-order valence-electron chi connectivity index (χ3n) is 18.7. The molecule has 4 aromatic rings. The zero-order valence-electron chi connectivity index (χ0n) is 59.3. The van der Waals surface area contributed by atoms with Crippen molar-refractivity contribution in [3.05, 3.63) is 66.3 Å². The van der Waals surface area contributed by atoms with Crippen molar-refractivity contribution >= 4 is 89.2 Å². The largest absolute Gasteiger partial charge is 0.481 e. The number of amides is 3. The van der Waals surface area contributed by atoms with Crippen molar-refractivity contribution in [1.29, 1.82) is 0 Å². The molecule has 2 aliphatic heterocycles. The number of carbonyl (C=O) groups excluding carboxylic acids is 2. The van der Waals surface area contributed by atoms with Crippen LogP contribution in [0.2, 0.25) is 0 Å². The lowest BCUT2D eigenvalue weighted by Gasteiger charge is -2.37. The van der Waals surface area contributed by atoms with Gasteiger partial charge in [0.15, 0.2) is 0 Å². The Kier molecular flexibility index (Phi) is 33.0. The standard InChI is InChI=1S/C67H99N19O20/c87-53(70-18-9-10-47-35-67(47,62(104)105)77-66(106)73-50(61(102)103)16-17-54(88)89)11-7-5-3-1-2-4-6-8-21-78-28-31-83(32-29-78)65-75-63(71-45-82(37-51-68-19-22-85(51)43-59(98)99)38-52-69-20-23-86(52)44-60(100)101)74-64(76-65)72-48-14-12-46(13-15-48)34-49-36-81(41-57(94)95)27-26-79(39-55(90)91)24-25-80(40-56(92)93)30-33-84(49)42-58(96)97/h12-15,19-20,22-23,47,49-50H,1-11,16-18,21,24-45H2,(H,70,87)(H,88,89)(H,90,91)(H,92,93)(H,94,95)(H,96,97)(H,98,99)(H,100,101)(H,102,103)(H,104,105)(H2,73,77,106)(H2,71,72,74,75,76)/t47-,49?,50+,67?/m1/s1. The third kappa shape index (κ3) is 29.0. The topological polar surface area (TPSA) is 527 Å². The summed E-state index contributed by atoms with van der Waals surface area (Å²) < 4.78 is 2.97. The van der Waals surface area contributed by atoms with E-state index in [1.165, 1.54) is 21.5 Å². The van der Waals surface area contributed by atoms with E-state index in [2.05, 4.69) is 46.4 Å². The van der Waals surface area contributed by atoms with E-state index in [0.717, 1.165) is 76.6 Å². The van der Waals surface area contributed by atoms with Crippen molar-refractivity contribution < 1.29 is 98.7 Å². The summed E-state index contributed by atoms with van der Waals surface area (Å²) in [6.07, 6.45) is 14.5. The predicted octanol–water partition coefficient (Wildman–Crippen LogP) is 0.710. The fraction of sp³-hybridized carbons (Fsp3) is 0.612. The molecule has 2 saturated heterocycles. The van der Waals surface area contributed by atoms with Gasteiger partial charge < -0.3 is 86.6 Å². The molecule has 5 heterocycles. The van der Waals surface area contributed by atoms with Gasteiger partial charge in [0.1, 0.15) is 36.3 Å². The maximum Gasteiger partial charge on any atom is 0.329 e. The molecule has 3 fully saturated rings. The number of carbonyl (C=O) groups is 11. The summed E-state index contributed by atoms with van der Waals surface area (Å²) in [6.45, 7) is 2.69. The van der Waals surface area contributed by atoms with Crippen LogP contribution >= 0.6 is 0 Å². The summed E-state index contributed by atoms with van der Waals surface area (Å²) in [5.41, 5.74) is -0.279. The van der Waals surface area contributed by atoms with Crippen molar-refractivity contribution in [2.24, 2.45) is 5.92 Å². The number of aromatic nitrogens is 7. The first kappa shape index (κ1) is 83.1. The van der Waals surface area contributed by atoms with Crippen LogP contribution < -0.4 is 31.5 Å². The molecule has 1 aliphatic carbocycles. The number of aliphatic carboxylic acids is 9. The van der Waals surface area contributed by atoms with E-state index in [0.29, 0.717) is 62.2 Å². The van der Waals surface area contributed by atoms with Gasteiger partial charge in [0.25, 0.3) is 0 Å². The number of benzene rings is 1. The lowest BCUT2D eigenvalue weighted by Crippen LogP contribution is -2.53. The number of hydrogen-bond donors (Lipinski definition) is 14. The molecule has 106 heavy (non-hydrogen) atoms. The number of nitrogens with zero attached hydrogens (tertiary/aromatic N) is 14. The quantitative estimate of drug-likeness (QED) is 0.0214. The van der Waals surface area contributed by atoms with Crippen molar-refractivity contribution in [2.75, 3.05) is 133 Å². The number of piperazine rings is 1. The molecule has 582 valence electrons. The highest BCUT2D eigenvalue weighted by Gasteiger charge is 2.61. The summed E-state index contributed by atoms with van der Waals surface area (Å²) in [7, 11) is 0. The first-order valence-electron chi connectivity index (χ1n) is 35.5. The molecule has 1 saturated carbocycles. The Balaban J connectivity index is 0.938. The molecular formula is C67H99N19O20. The van der Waals surface area contributed by atoms with Gasteiger partial charge in [0.2, 0.25) is 23.8 Å². The lowest BCUT2D eigenvalue weighted by molar-refractivity contribution is -0.142. The van der Waals surface area contributed by atoms with E-state index in [4.69, 9.17) is 20.1 Å². The number of carboxylic acids is 9. The van der Waals surface area contributed by atoms with Crippen LogP contribution in [0.15, 0.2) is 49.1 Å². The average Bonchev–Trinajstić information content (AvgIpc) is 1.59. The number of unbranched alkanes of at least 4 members (excludes halogenated alkanes) is 7. The summed E-state index contributed by atoms with van der Waals surface area (Å²) in [5.74, 6) is -9.63. The number of urea groups is 1. The van der Waals surface area contributed by atoms with E-state index < -0.39 is 103 Å². The van der Waals surface area contributed by atoms with E-state index >= 15 is 0 Å². The molecule has 0 spiro atoms. The van der Waals surface area contributed by atoms with Crippen molar-refractivity contribution in [3.63, 3.8) is 0 Å². The number of imidazole rings is 2.